The number of nitrogens with zero attached hydrogens (tertiary/aromatic N) is 1. The summed E-state index contributed by atoms with van der Waals surface area (Å²) in [5.74, 6) is 0.878. The number of ketones is 1. The van der Waals surface area contributed by atoms with Crippen molar-refractivity contribution in [1.82, 2.24) is 4.90 Å². The lowest BCUT2D eigenvalue weighted by Gasteiger charge is -2.57. The third-order valence-corrected chi connectivity index (χ3v) is 6.57. The van der Waals surface area contributed by atoms with Crippen molar-refractivity contribution in [3.8, 4) is 5.75 Å². The highest BCUT2D eigenvalue weighted by Gasteiger charge is 2.55. The smallest absolute Gasteiger partial charge is 0.209 e. The molecule has 0 spiro atoms. The Balaban J connectivity index is 1.92. The van der Waals surface area contributed by atoms with Crippen LogP contribution in [0.1, 0.15) is 36.8 Å². The Kier molecular flexibility index (Phi) is 3.12. The highest BCUT2D eigenvalue weighted by Crippen LogP contribution is 2.55. The summed E-state index contributed by atoms with van der Waals surface area (Å²) in [4.78, 5) is 25.5. The van der Waals surface area contributed by atoms with Crippen LogP contribution >= 0.6 is 15.9 Å². The first-order chi connectivity index (χ1) is 10.5. The molecule has 3 aliphatic rings. The molecule has 0 aromatic heterocycles. The molecule has 2 aliphatic carbocycles. The Morgan fingerprint density at radius 3 is 3.00 bits per heavy atom. The van der Waals surface area contributed by atoms with Gasteiger partial charge in [0.1, 0.15) is 11.5 Å². The fraction of sp³-hybridized carbons (Fsp3) is 0.529. The van der Waals surface area contributed by atoms with Crippen LogP contribution in [0.25, 0.3) is 0 Å². The van der Waals surface area contributed by atoms with E-state index in [9.17, 15) is 14.7 Å². The molecule has 1 heterocycles. The van der Waals surface area contributed by atoms with E-state index in [4.69, 9.17) is 0 Å². The number of piperidine rings is 1. The monoisotopic (exact) mass is 363 g/mol. The number of likely N-dealkylation sites (tertiary alicyclic amines) is 1. The molecule has 22 heavy (non-hydrogen) atoms. The van der Waals surface area contributed by atoms with E-state index < -0.39 is 0 Å². The van der Waals surface area contributed by atoms with Crippen molar-refractivity contribution in [2.75, 3.05) is 6.54 Å². The van der Waals surface area contributed by atoms with E-state index in [0.717, 1.165) is 36.8 Å². The summed E-state index contributed by atoms with van der Waals surface area (Å²) in [7, 11) is 0. The van der Waals surface area contributed by atoms with Crippen molar-refractivity contribution in [2.24, 2.45) is 5.92 Å². The van der Waals surface area contributed by atoms with Crippen LogP contribution in [0, 0.1) is 5.92 Å². The van der Waals surface area contributed by atoms with Gasteiger partial charge in [0.15, 0.2) is 0 Å². The lowest BCUT2D eigenvalue weighted by Crippen LogP contribution is -2.61. The maximum Gasteiger partial charge on any atom is 0.209 e. The summed E-state index contributed by atoms with van der Waals surface area (Å²) < 4.78 is 0.680. The fourth-order valence-corrected chi connectivity index (χ4v) is 5.40. The zero-order valence-electron chi connectivity index (χ0n) is 12.2. The first kappa shape index (κ1) is 14.2. The highest BCUT2D eigenvalue weighted by atomic mass is 79.9. The van der Waals surface area contributed by atoms with Gasteiger partial charge in [-0.2, -0.15) is 0 Å². The number of aromatic hydroxyl groups is 1. The zero-order chi connectivity index (χ0) is 15.5. The molecule has 1 N–H and O–H groups in total. The SMILES string of the molecule is O=CN1CC[C@]23CC(=O)CC[C@H]2[C@@H]1Cc1cc(Br)c(O)cc13. The van der Waals surface area contributed by atoms with E-state index in [0.29, 0.717) is 35.6 Å². The van der Waals surface area contributed by atoms with Crippen molar-refractivity contribution in [2.45, 2.75) is 43.6 Å². The number of hydrogen-bond acceptors (Lipinski definition) is 3. The zero-order valence-corrected chi connectivity index (χ0v) is 13.8. The fourth-order valence-electron chi connectivity index (χ4n) is 5.00. The summed E-state index contributed by atoms with van der Waals surface area (Å²) in [5, 5.41) is 10.1. The second kappa shape index (κ2) is 4.82. The second-order valence-electron chi connectivity index (χ2n) is 6.84. The molecule has 0 unspecified atom stereocenters. The van der Waals surface area contributed by atoms with Gasteiger partial charge in [-0.05, 0) is 64.4 Å². The van der Waals surface area contributed by atoms with E-state index in [-0.39, 0.29) is 17.2 Å². The average molecular weight is 364 g/mol. The van der Waals surface area contributed by atoms with E-state index in [2.05, 4.69) is 15.9 Å². The number of Topliss-reactive ketones (excluding diaryl/α,β-unsaturated/α-hetero) is 1. The lowest BCUT2D eigenvalue weighted by molar-refractivity contribution is -0.132. The highest BCUT2D eigenvalue weighted by molar-refractivity contribution is 9.10. The van der Waals surface area contributed by atoms with Gasteiger partial charge in [0.05, 0.1) is 4.47 Å². The molecule has 1 aromatic rings. The topological polar surface area (TPSA) is 57.6 Å². The number of carbonyl (C=O) groups excluding carboxylic acids is 2. The molecule has 3 atom stereocenters. The molecule has 2 bridgehead atoms. The third kappa shape index (κ3) is 1.81. The van der Waals surface area contributed by atoms with Crippen LogP contribution in [0.5, 0.6) is 5.75 Å². The van der Waals surface area contributed by atoms with Crippen molar-refractivity contribution in [3.05, 3.63) is 27.7 Å². The molecule has 116 valence electrons. The molecule has 4 rings (SSSR count). The van der Waals surface area contributed by atoms with Gasteiger partial charge >= 0.3 is 0 Å². The van der Waals surface area contributed by atoms with Crippen molar-refractivity contribution >= 4 is 28.1 Å². The van der Waals surface area contributed by atoms with Gasteiger partial charge < -0.3 is 10.0 Å². The van der Waals surface area contributed by atoms with Crippen molar-refractivity contribution < 1.29 is 14.7 Å². The number of hydrogen-bond donors (Lipinski definition) is 1. The second-order valence-corrected chi connectivity index (χ2v) is 7.70. The van der Waals surface area contributed by atoms with E-state index in [1.54, 1.807) is 0 Å². The standard InChI is InChI=1S/C17H18BrNO3/c18-14-5-10-6-15-12-2-1-11(21)8-17(12,3-4-19(15)9-20)13(10)7-16(14)22/h5,7,9,12,15,22H,1-4,6,8H2/t12-,15-,17-/m0/s1. The molecule has 1 aromatic carbocycles. The molecule has 1 saturated heterocycles. The Morgan fingerprint density at radius 1 is 1.41 bits per heavy atom. The predicted molar refractivity (Wildman–Crippen MR) is 84.7 cm³/mol. The summed E-state index contributed by atoms with van der Waals surface area (Å²) in [5.41, 5.74) is 2.10. The summed E-state index contributed by atoms with van der Waals surface area (Å²) >= 11 is 3.38. The number of phenolic OH excluding ortho intramolecular Hbond substituents is 1. The van der Waals surface area contributed by atoms with Crippen LogP contribution in [-0.2, 0) is 21.4 Å². The van der Waals surface area contributed by atoms with Crippen LogP contribution in [0.15, 0.2) is 16.6 Å². The van der Waals surface area contributed by atoms with Crippen LogP contribution in [0.2, 0.25) is 0 Å². The number of rotatable bonds is 1. The van der Waals surface area contributed by atoms with E-state index in [1.807, 2.05) is 17.0 Å². The quantitative estimate of drug-likeness (QED) is 0.780. The van der Waals surface area contributed by atoms with Crippen LogP contribution < -0.4 is 0 Å². The van der Waals surface area contributed by atoms with Gasteiger partial charge in [-0.15, -0.1) is 0 Å². The number of phenols is 1. The van der Waals surface area contributed by atoms with Gasteiger partial charge in [0.25, 0.3) is 0 Å². The van der Waals surface area contributed by atoms with Crippen molar-refractivity contribution in [3.63, 3.8) is 0 Å². The van der Waals surface area contributed by atoms with Crippen molar-refractivity contribution in [1.29, 1.82) is 0 Å². The maximum atomic E-state index is 12.2. The normalized spacial score (nSPS) is 33.1. The number of fused-ring (bicyclic) bond motifs is 1. The van der Waals surface area contributed by atoms with Gasteiger partial charge in [0, 0.05) is 30.8 Å². The number of benzene rings is 1. The summed E-state index contributed by atoms with van der Waals surface area (Å²) in [6.45, 7) is 0.703. The Morgan fingerprint density at radius 2 is 2.23 bits per heavy atom. The summed E-state index contributed by atoms with van der Waals surface area (Å²) in [6, 6.07) is 3.99. The molecule has 1 saturated carbocycles. The van der Waals surface area contributed by atoms with Crippen LogP contribution in [0.4, 0.5) is 0 Å². The van der Waals surface area contributed by atoms with Crippen LogP contribution in [0.3, 0.4) is 0 Å². The lowest BCUT2D eigenvalue weighted by atomic mass is 9.52. The Labute approximate surface area is 137 Å². The van der Waals surface area contributed by atoms with Gasteiger partial charge in [-0.3, -0.25) is 9.59 Å². The van der Waals surface area contributed by atoms with Gasteiger partial charge in [-0.25, -0.2) is 0 Å². The number of halogens is 1. The minimum absolute atomic E-state index is 0.184. The molecule has 1 aliphatic heterocycles. The van der Waals surface area contributed by atoms with E-state index in [1.165, 1.54) is 0 Å². The first-order valence-corrected chi connectivity index (χ1v) is 8.59. The first-order valence-electron chi connectivity index (χ1n) is 7.80. The largest absolute Gasteiger partial charge is 0.507 e. The third-order valence-electron chi connectivity index (χ3n) is 5.94. The number of amides is 1. The molecule has 1 amide bonds. The van der Waals surface area contributed by atoms with Gasteiger partial charge in [0.2, 0.25) is 6.41 Å². The molecule has 5 heteroatoms. The molecule has 0 radical (unpaired) electrons. The molecule has 4 nitrogen and oxygen atoms in total. The van der Waals surface area contributed by atoms with E-state index >= 15 is 0 Å². The predicted octanol–water partition coefficient (Wildman–Crippen LogP) is 2.55. The average Bonchev–Trinajstić information content (AvgIpc) is 2.49. The van der Waals surface area contributed by atoms with Gasteiger partial charge in [-0.1, -0.05) is 0 Å². The Bertz CT molecular complexity index is 674. The molecule has 2 fully saturated rings. The molecular formula is C17H18BrNO3. The maximum absolute atomic E-state index is 12.2. The minimum atomic E-state index is -0.189. The Hall–Kier alpha value is -1.36. The minimum Gasteiger partial charge on any atom is -0.507 e. The van der Waals surface area contributed by atoms with Crippen LogP contribution in [-0.4, -0.2) is 34.8 Å². The summed E-state index contributed by atoms with van der Waals surface area (Å²) in [6.07, 6.45) is 4.61. The number of carbonyl (C=O) groups is 2. The molecular weight excluding hydrogens is 346 g/mol.